The van der Waals surface area contributed by atoms with E-state index in [1.165, 1.54) is 26.8 Å². The van der Waals surface area contributed by atoms with Gasteiger partial charge in [0.15, 0.2) is 0 Å². The van der Waals surface area contributed by atoms with E-state index >= 15 is 0 Å². The molecule has 1 unspecified atom stereocenters. The maximum atomic E-state index is 5.31. The summed E-state index contributed by atoms with van der Waals surface area (Å²) >= 11 is 0. The Labute approximate surface area is 210 Å². The summed E-state index contributed by atoms with van der Waals surface area (Å²) in [4.78, 5) is 16.4. The van der Waals surface area contributed by atoms with E-state index in [2.05, 4.69) is 67.1 Å². The number of likely N-dealkylation sites (N-methyl/N-ethyl adjacent to an activating group) is 1. The summed E-state index contributed by atoms with van der Waals surface area (Å²) in [5, 5.41) is 1.20. The van der Waals surface area contributed by atoms with Gasteiger partial charge in [0.2, 0.25) is 0 Å². The van der Waals surface area contributed by atoms with Crippen LogP contribution in [0.25, 0.3) is 11.3 Å². The number of benzene rings is 1. The van der Waals surface area contributed by atoms with Crippen molar-refractivity contribution < 1.29 is 4.74 Å². The zero-order valence-electron chi connectivity index (χ0n) is 20.3. The first-order chi connectivity index (χ1) is 16.5. The first-order valence-corrected chi connectivity index (χ1v) is 14.1. The van der Waals surface area contributed by atoms with E-state index in [1.54, 1.807) is 17.9 Å². The average Bonchev–Trinajstić information content (AvgIpc) is 2.98. The Kier molecular flexibility index (Phi) is 7.04. The minimum atomic E-state index is 0.422. The molecule has 0 radical (unpaired) electrons. The molecule has 4 aliphatic rings. The van der Waals surface area contributed by atoms with E-state index in [4.69, 9.17) is 14.7 Å². The molecule has 0 amide bonds. The van der Waals surface area contributed by atoms with Gasteiger partial charge in [-0.3, -0.25) is 9.88 Å². The van der Waals surface area contributed by atoms with Crippen molar-refractivity contribution in [3.63, 3.8) is 0 Å². The van der Waals surface area contributed by atoms with Gasteiger partial charge in [0, 0.05) is 43.4 Å². The molecule has 34 heavy (non-hydrogen) atoms. The van der Waals surface area contributed by atoms with Crippen LogP contribution in [0.3, 0.4) is 0 Å². The molecule has 0 aromatic heterocycles. The van der Waals surface area contributed by atoms with Crippen LogP contribution in [0.2, 0.25) is 0 Å². The second-order valence-electron chi connectivity index (χ2n) is 9.36. The summed E-state index contributed by atoms with van der Waals surface area (Å²) < 4.78 is 5.31. The van der Waals surface area contributed by atoms with Gasteiger partial charge in [-0.1, -0.05) is 38.1 Å². The number of ether oxygens (including phenoxy) is 1. The fraction of sp³-hybridized carbons (Fsp3) is 0.407. The number of hydrogen-bond donors (Lipinski definition) is 0. The van der Waals surface area contributed by atoms with E-state index in [1.807, 2.05) is 23.1 Å². The number of hydrogen-bond acceptors (Lipinski definition) is 7. The molecule has 0 spiro atoms. The fourth-order valence-electron chi connectivity index (χ4n) is 4.70. The van der Waals surface area contributed by atoms with Gasteiger partial charge in [-0.05, 0) is 65.2 Å². The van der Waals surface area contributed by atoms with Crippen molar-refractivity contribution in [3.05, 3.63) is 54.2 Å². The molecule has 1 aromatic carbocycles. The summed E-state index contributed by atoms with van der Waals surface area (Å²) in [7, 11) is 7.62. The monoisotopic (exact) mass is 492 g/mol. The number of methoxy groups -OCH3 is 1. The minimum absolute atomic E-state index is 0.422. The number of fused-ring (bicyclic) bond motifs is 3. The molecule has 1 fully saturated rings. The molecule has 0 saturated carbocycles. The molecular formula is C27H32N4OS2. The van der Waals surface area contributed by atoms with E-state index < -0.39 is 0 Å². The second kappa shape index (κ2) is 10.2. The van der Waals surface area contributed by atoms with E-state index in [9.17, 15) is 0 Å². The Bertz CT molecular complexity index is 1150. The predicted molar refractivity (Wildman–Crippen MR) is 146 cm³/mol. The van der Waals surface area contributed by atoms with Crippen LogP contribution in [-0.4, -0.2) is 54.8 Å². The molecule has 3 heterocycles. The largest absolute Gasteiger partial charge is 0.497 e. The lowest BCUT2D eigenvalue weighted by atomic mass is 10.0. The topological polar surface area (TPSA) is 41.0 Å². The molecule has 1 atom stereocenters. The lowest BCUT2D eigenvalue weighted by Crippen LogP contribution is -2.51. The van der Waals surface area contributed by atoms with E-state index in [-0.39, 0.29) is 0 Å². The molecule has 178 valence electrons. The third-order valence-corrected chi connectivity index (χ3v) is 9.43. The Morgan fingerprint density at radius 3 is 2.68 bits per heavy atom. The molecule has 1 aromatic rings. The summed E-state index contributed by atoms with van der Waals surface area (Å²) in [6.07, 6.45) is 4.09. The summed E-state index contributed by atoms with van der Waals surface area (Å²) in [5.74, 6) is 1.33. The number of rotatable bonds is 6. The Hall–Kier alpha value is -2.22. The molecule has 5 rings (SSSR count). The predicted octanol–water partition coefficient (Wildman–Crippen LogP) is 6.39. The van der Waals surface area contributed by atoms with Crippen molar-refractivity contribution >= 4 is 38.0 Å². The summed E-state index contributed by atoms with van der Waals surface area (Å²) in [6, 6.07) is 15.3. The van der Waals surface area contributed by atoms with Crippen LogP contribution in [0.15, 0.2) is 58.5 Å². The molecule has 1 saturated heterocycles. The van der Waals surface area contributed by atoms with Crippen molar-refractivity contribution in [1.29, 1.82) is 0 Å². The maximum absolute atomic E-state index is 5.31. The highest BCUT2D eigenvalue weighted by Crippen LogP contribution is 2.58. The number of aromatic nitrogens is 1. The highest BCUT2D eigenvalue weighted by atomic mass is 33.1. The van der Waals surface area contributed by atoms with Crippen molar-refractivity contribution in [1.82, 2.24) is 9.88 Å². The summed E-state index contributed by atoms with van der Waals surface area (Å²) in [5.41, 5.74) is 5.99. The molecule has 0 N–H and O–H groups in total. The van der Waals surface area contributed by atoms with Crippen LogP contribution in [0.5, 0.6) is 5.75 Å². The maximum Gasteiger partial charge on any atom is 0.118 e. The normalized spacial score (nSPS) is 18.8. The zero-order valence-corrected chi connectivity index (χ0v) is 22.0. The lowest BCUT2D eigenvalue weighted by Gasteiger charge is -2.41. The van der Waals surface area contributed by atoms with Crippen molar-refractivity contribution in [2.75, 3.05) is 38.7 Å². The second-order valence-corrected chi connectivity index (χ2v) is 11.5. The Morgan fingerprint density at radius 2 is 1.91 bits per heavy atom. The van der Waals surface area contributed by atoms with Crippen LogP contribution < -0.4 is 9.64 Å². The molecule has 1 aliphatic carbocycles. The van der Waals surface area contributed by atoms with Crippen LogP contribution in [0, 0.1) is 5.92 Å². The van der Waals surface area contributed by atoms with Gasteiger partial charge in [0.25, 0.3) is 0 Å². The zero-order chi connectivity index (χ0) is 23.7. The van der Waals surface area contributed by atoms with Crippen molar-refractivity contribution in [2.24, 2.45) is 10.9 Å². The smallest absolute Gasteiger partial charge is 0.118 e. The first kappa shape index (κ1) is 23.5. The molecule has 0 bridgehead atoms. The van der Waals surface area contributed by atoms with Crippen molar-refractivity contribution in [2.45, 2.75) is 37.6 Å². The number of anilines is 1. The molecule has 3 aliphatic heterocycles. The highest BCUT2D eigenvalue weighted by Gasteiger charge is 2.34. The van der Waals surface area contributed by atoms with Gasteiger partial charge in [0.05, 0.1) is 28.4 Å². The Morgan fingerprint density at radius 1 is 1.09 bits per heavy atom. The standard InChI is InChI=1S/C27H32N4OS2/c1-18(2)27-29-24-25(23-22(26(24)33-34-27)7-5-6-14-28-23)31-16-15-30(3)20(17-31)11-8-19-9-12-21(32-4)13-10-19/h5-7,9-10,12-14,18,20H,8,11,15-17H2,1-4H3. The van der Waals surface area contributed by atoms with Crippen LogP contribution >= 0.6 is 21.6 Å². The Balaban J connectivity index is 1.44. The van der Waals surface area contributed by atoms with E-state index in [0.717, 1.165) is 49.6 Å². The molecule has 7 heteroatoms. The fourth-order valence-corrected chi connectivity index (χ4v) is 7.37. The number of aliphatic imine (C=N–C) groups is 1. The number of piperazine rings is 1. The van der Waals surface area contributed by atoms with Gasteiger partial charge in [-0.2, -0.15) is 0 Å². The van der Waals surface area contributed by atoms with Crippen LogP contribution in [-0.2, 0) is 6.42 Å². The minimum Gasteiger partial charge on any atom is -0.497 e. The van der Waals surface area contributed by atoms with Gasteiger partial charge in [0.1, 0.15) is 11.4 Å². The lowest BCUT2D eigenvalue weighted by molar-refractivity contribution is 0.208. The average molecular weight is 493 g/mol. The number of nitrogens with zero attached hydrogens (tertiary/aromatic N) is 4. The SMILES string of the molecule is COc1ccc(CCC2CN(c3c4nccccc-4c4c3N=C(C(C)C)SS4)CCN2C)cc1. The van der Waals surface area contributed by atoms with Gasteiger partial charge >= 0.3 is 0 Å². The third kappa shape index (κ3) is 4.66. The van der Waals surface area contributed by atoms with E-state index in [0.29, 0.717) is 12.0 Å². The van der Waals surface area contributed by atoms with Gasteiger partial charge in [-0.15, -0.1) is 0 Å². The number of aryl methyl sites for hydroxylation is 1. The van der Waals surface area contributed by atoms with Crippen molar-refractivity contribution in [3.8, 4) is 17.0 Å². The molecular weight excluding hydrogens is 460 g/mol. The third-order valence-electron chi connectivity index (χ3n) is 6.77. The quantitative estimate of drug-likeness (QED) is 0.372. The van der Waals surface area contributed by atoms with Gasteiger partial charge < -0.3 is 9.64 Å². The molecule has 5 nitrogen and oxygen atoms in total. The summed E-state index contributed by atoms with van der Waals surface area (Å²) in [6.45, 7) is 7.47. The van der Waals surface area contributed by atoms with Crippen LogP contribution in [0.1, 0.15) is 25.8 Å². The first-order valence-electron chi connectivity index (χ1n) is 12.0. The van der Waals surface area contributed by atoms with Crippen LogP contribution in [0.4, 0.5) is 11.4 Å². The van der Waals surface area contributed by atoms with Gasteiger partial charge in [-0.25, -0.2) is 4.99 Å². The highest BCUT2D eigenvalue weighted by molar-refractivity contribution is 8.82.